The number of benzene rings is 1. The molecule has 0 bridgehead atoms. The van der Waals surface area contributed by atoms with Gasteiger partial charge >= 0.3 is 0 Å². The first-order chi connectivity index (χ1) is 14.2. The van der Waals surface area contributed by atoms with Crippen LogP contribution in [0.1, 0.15) is 12.0 Å². The van der Waals surface area contributed by atoms with Crippen LogP contribution in [0.5, 0.6) is 5.75 Å². The molecule has 1 aromatic carbocycles. The van der Waals surface area contributed by atoms with E-state index < -0.39 is 0 Å². The molecule has 1 aromatic heterocycles. The topological polar surface area (TPSA) is 73.0 Å². The van der Waals surface area contributed by atoms with Crippen LogP contribution in [-0.4, -0.2) is 49.3 Å². The third-order valence-corrected chi connectivity index (χ3v) is 4.70. The Bertz CT molecular complexity index is 782. The molecule has 2 aromatic rings. The van der Waals surface area contributed by atoms with Gasteiger partial charge < -0.3 is 20.1 Å². The first kappa shape index (κ1) is 23.2. The summed E-state index contributed by atoms with van der Waals surface area (Å²) in [6, 6.07) is 11.3. The summed E-state index contributed by atoms with van der Waals surface area (Å²) in [7, 11) is 1.61. The van der Waals surface area contributed by atoms with Gasteiger partial charge in [0.25, 0.3) is 0 Å². The molecule has 0 aliphatic rings. The van der Waals surface area contributed by atoms with Crippen molar-refractivity contribution >= 4 is 35.5 Å². The van der Waals surface area contributed by atoms with Crippen molar-refractivity contribution in [2.45, 2.75) is 13.0 Å². The number of halogens is 1. The molecule has 0 saturated carbocycles. The van der Waals surface area contributed by atoms with E-state index in [0.29, 0.717) is 36.3 Å². The Morgan fingerprint density at radius 3 is 2.69 bits per heavy atom. The zero-order chi connectivity index (χ0) is 20.9. The van der Waals surface area contributed by atoms with Crippen molar-refractivity contribution in [2.24, 2.45) is 10.7 Å². The maximum absolute atomic E-state index is 5.93. The highest BCUT2D eigenvalue weighted by atomic mass is 35.5. The van der Waals surface area contributed by atoms with Crippen molar-refractivity contribution in [3.8, 4) is 5.75 Å². The number of hydrogen-bond acceptors (Lipinski definition) is 6. The monoisotopic (exact) mass is 434 g/mol. The van der Waals surface area contributed by atoms with Crippen LogP contribution in [0.2, 0.25) is 5.02 Å². The molecule has 6 nitrogen and oxygen atoms in total. The molecule has 0 amide bonds. The summed E-state index contributed by atoms with van der Waals surface area (Å²) in [6.45, 7) is 2.30. The summed E-state index contributed by atoms with van der Waals surface area (Å²) in [6.07, 6.45) is 6.27. The Balaban J connectivity index is 2.04. The van der Waals surface area contributed by atoms with Crippen molar-refractivity contribution in [1.82, 2.24) is 9.88 Å². The van der Waals surface area contributed by atoms with Gasteiger partial charge in [-0.2, -0.15) is 0 Å². The molecule has 0 fully saturated rings. The van der Waals surface area contributed by atoms with E-state index in [-0.39, 0.29) is 0 Å². The highest BCUT2D eigenvalue weighted by Gasteiger charge is 2.08. The fraction of sp³-hybridized carbons (Fsp3) is 0.333. The quantitative estimate of drug-likeness (QED) is 0.392. The van der Waals surface area contributed by atoms with Gasteiger partial charge in [-0.1, -0.05) is 23.7 Å². The zero-order valence-corrected chi connectivity index (χ0v) is 18.3. The maximum Gasteiger partial charge on any atom is 0.153 e. The first-order valence-electron chi connectivity index (χ1n) is 9.21. The number of ether oxygens (including phenoxy) is 2. The number of pyridine rings is 1. The van der Waals surface area contributed by atoms with Crippen molar-refractivity contribution < 1.29 is 9.47 Å². The minimum Gasteiger partial charge on any atom is -0.495 e. The largest absolute Gasteiger partial charge is 0.495 e. The molecular formula is C21H27ClN4O2S. The third kappa shape index (κ3) is 8.45. The molecule has 2 N–H and O–H groups in total. The van der Waals surface area contributed by atoms with Crippen LogP contribution >= 0.6 is 23.4 Å². The van der Waals surface area contributed by atoms with Crippen LogP contribution in [0.15, 0.2) is 58.7 Å². The molecule has 0 saturated heterocycles. The molecule has 1 heterocycles. The molecule has 2 rings (SSSR count). The lowest BCUT2D eigenvalue weighted by Gasteiger charge is -2.23. The number of aromatic nitrogens is 1. The highest BCUT2D eigenvalue weighted by molar-refractivity contribution is 8.01. The number of rotatable bonds is 12. The van der Waals surface area contributed by atoms with Gasteiger partial charge in [-0.15, -0.1) is 11.8 Å². The molecule has 29 heavy (non-hydrogen) atoms. The average molecular weight is 435 g/mol. The maximum atomic E-state index is 5.93. The number of hydrogen-bond donors (Lipinski definition) is 1. The fourth-order valence-electron chi connectivity index (χ4n) is 2.41. The summed E-state index contributed by atoms with van der Waals surface area (Å²) >= 11 is 7.55. The molecule has 0 radical (unpaired) electrons. The van der Waals surface area contributed by atoms with E-state index in [1.165, 1.54) is 0 Å². The molecular weight excluding hydrogens is 408 g/mol. The van der Waals surface area contributed by atoms with Crippen LogP contribution in [-0.2, 0) is 11.3 Å². The van der Waals surface area contributed by atoms with Crippen molar-refractivity contribution in [2.75, 3.05) is 33.1 Å². The van der Waals surface area contributed by atoms with Gasteiger partial charge in [-0.3, -0.25) is 0 Å². The number of nitrogens with zero attached hydrogens (tertiary/aromatic N) is 3. The molecule has 0 aliphatic carbocycles. The molecule has 0 unspecified atom stereocenters. The molecule has 0 aliphatic heterocycles. The normalized spacial score (nSPS) is 11.8. The smallest absolute Gasteiger partial charge is 0.153 e. The Kier molecular flexibility index (Phi) is 10.6. The summed E-state index contributed by atoms with van der Waals surface area (Å²) < 4.78 is 11.1. The number of nitrogens with two attached hydrogens (primary N) is 1. The first-order valence-corrected chi connectivity index (χ1v) is 10.9. The summed E-state index contributed by atoms with van der Waals surface area (Å²) in [5, 5.41) is 2.78. The fourth-order valence-corrected chi connectivity index (χ4v) is 3.01. The number of aliphatic imine (C=N–C) groups is 1. The predicted octanol–water partition coefficient (Wildman–Crippen LogP) is 4.48. The van der Waals surface area contributed by atoms with Gasteiger partial charge in [-0.05, 0) is 54.5 Å². The Hall–Kier alpha value is -2.06. The summed E-state index contributed by atoms with van der Waals surface area (Å²) in [5.41, 5.74) is 7.80. The second kappa shape index (κ2) is 13.2. The Labute approximate surface area is 181 Å². The standard InChI is InChI=1S/C21H27ClN4O2S/c1-27-20-8-9-21(24-12-20)25-16-26(11-3-10-23)19(15-29-2)14-28-13-17-4-6-18(22)7-5-17/h4-9,12,15-16H,3,10-11,13-14,23H2,1-2H3/b19-15-,25-16?. The van der Waals surface area contributed by atoms with E-state index in [4.69, 9.17) is 26.8 Å². The SMILES string of the molecule is COc1ccc(N=CN(CCCN)/C(=C\SC)COCc2ccc(Cl)cc2)nc1. The van der Waals surface area contributed by atoms with E-state index in [1.807, 2.05) is 42.7 Å². The molecule has 156 valence electrons. The van der Waals surface area contributed by atoms with Crippen LogP contribution in [0.4, 0.5) is 5.82 Å². The van der Waals surface area contributed by atoms with Gasteiger partial charge in [0.1, 0.15) is 5.75 Å². The van der Waals surface area contributed by atoms with E-state index in [0.717, 1.165) is 24.2 Å². The van der Waals surface area contributed by atoms with Crippen LogP contribution in [0.3, 0.4) is 0 Å². The second-order valence-corrected chi connectivity index (χ2v) is 7.24. The average Bonchev–Trinajstić information content (AvgIpc) is 2.75. The Morgan fingerprint density at radius 1 is 1.28 bits per heavy atom. The van der Waals surface area contributed by atoms with Gasteiger partial charge in [0.15, 0.2) is 5.82 Å². The van der Waals surface area contributed by atoms with Crippen LogP contribution in [0, 0.1) is 0 Å². The van der Waals surface area contributed by atoms with Crippen molar-refractivity contribution in [3.63, 3.8) is 0 Å². The van der Waals surface area contributed by atoms with Crippen LogP contribution < -0.4 is 10.5 Å². The minimum atomic E-state index is 0.454. The Morgan fingerprint density at radius 2 is 2.07 bits per heavy atom. The van der Waals surface area contributed by atoms with Crippen LogP contribution in [0.25, 0.3) is 0 Å². The van der Waals surface area contributed by atoms with E-state index in [2.05, 4.69) is 20.3 Å². The van der Waals surface area contributed by atoms with Crippen molar-refractivity contribution in [3.05, 3.63) is 64.3 Å². The van der Waals surface area contributed by atoms with Gasteiger partial charge in [-0.25, -0.2) is 9.98 Å². The van der Waals surface area contributed by atoms with E-state index >= 15 is 0 Å². The van der Waals surface area contributed by atoms with E-state index in [1.54, 1.807) is 31.4 Å². The molecule has 0 atom stereocenters. The van der Waals surface area contributed by atoms with Gasteiger partial charge in [0.05, 0.1) is 38.6 Å². The zero-order valence-electron chi connectivity index (χ0n) is 16.8. The van der Waals surface area contributed by atoms with Gasteiger partial charge in [0, 0.05) is 11.6 Å². The lowest BCUT2D eigenvalue weighted by Crippen LogP contribution is -2.27. The molecule has 8 heteroatoms. The number of thioether (sulfide) groups is 1. The lowest BCUT2D eigenvalue weighted by atomic mass is 10.2. The predicted molar refractivity (Wildman–Crippen MR) is 122 cm³/mol. The second-order valence-electron chi connectivity index (χ2n) is 6.10. The summed E-state index contributed by atoms with van der Waals surface area (Å²) in [5.74, 6) is 1.30. The molecule has 0 spiro atoms. The lowest BCUT2D eigenvalue weighted by molar-refractivity contribution is 0.131. The van der Waals surface area contributed by atoms with E-state index in [9.17, 15) is 0 Å². The third-order valence-electron chi connectivity index (χ3n) is 3.94. The highest BCUT2D eigenvalue weighted by Crippen LogP contribution is 2.16. The summed E-state index contributed by atoms with van der Waals surface area (Å²) in [4.78, 5) is 10.8. The van der Waals surface area contributed by atoms with Gasteiger partial charge in [0.2, 0.25) is 0 Å². The number of methoxy groups -OCH3 is 1. The van der Waals surface area contributed by atoms with Crippen molar-refractivity contribution in [1.29, 1.82) is 0 Å². The minimum absolute atomic E-state index is 0.454.